The number of nitrogens with zero attached hydrogens (tertiary/aromatic N) is 4. The van der Waals surface area contributed by atoms with Crippen molar-refractivity contribution in [3.63, 3.8) is 0 Å². The summed E-state index contributed by atoms with van der Waals surface area (Å²) in [7, 11) is 1.43. The van der Waals surface area contributed by atoms with Gasteiger partial charge in [-0.2, -0.15) is 9.97 Å². The Morgan fingerprint density at radius 2 is 2.23 bits per heavy atom. The molecule has 11 nitrogen and oxygen atoms in total. The SMILES string of the molecule is COC1C(O)C(CO)OC1n1cnc2c(N)nc(NC(=O)C(C)C)nc21. The maximum Gasteiger partial charge on any atom is 0.233 e. The van der Waals surface area contributed by atoms with E-state index in [1.807, 2.05) is 0 Å². The molecule has 0 bridgehead atoms. The Labute approximate surface area is 149 Å². The Balaban J connectivity index is 2.01. The summed E-state index contributed by atoms with van der Waals surface area (Å²) in [6, 6.07) is 0. The number of aliphatic hydroxyl groups excluding tert-OH is 2. The van der Waals surface area contributed by atoms with E-state index < -0.39 is 24.5 Å². The molecular weight excluding hydrogens is 344 g/mol. The van der Waals surface area contributed by atoms with Crippen LogP contribution in [0, 0.1) is 5.92 Å². The number of rotatable bonds is 5. The van der Waals surface area contributed by atoms with Gasteiger partial charge in [-0.15, -0.1) is 0 Å². The van der Waals surface area contributed by atoms with Gasteiger partial charge in [-0.05, 0) is 0 Å². The van der Waals surface area contributed by atoms with Crippen molar-refractivity contribution in [3.05, 3.63) is 6.33 Å². The molecule has 11 heteroatoms. The second kappa shape index (κ2) is 7.11. The molecule has 3 rings (SSSR count). The number of nitrogens with two attached hydrogens (primary N) is 1. The van der Waals surface area contributed by atoms with E-state index in [4.69, 9.17) is 15.2 Å². The summed E-state index contributed by atoms with van der Waals surface area (Å²) in [4.78, 5) is 24.4. The molecule has 1 aliphatic rings. The predicted octanol–water partition coefficient (Wildman–Crippen LogP) is -0.731. The van der Waals surface area contributed by atoms with E-state index in [9.17, 15) is 15.0 Å². The lowest BCUT2D eigenvalue weighted by Gasteiger charge is -2.20. The van der Waals surface area contributed by atoms with E-state index in [2.05, 4.69) is 20.3 Å². The summed E-state index contributed by atoms with van der Waals surface area (Å²) >= 11 is 0. The third-order valence-corrected chi connectivity index (χ3v) is 4.25. The van der Waals surface area contributed by atoms with Gasteiger partial charge in [0.1, 0.15) is 23.8 Å². The van der Waals surface area contributed by atoms with E-state index in [0.29, 0.717) is 11.2 Å². The van der Waals surface area contributed by atoms with Crippen LogP contribution in [0.15, 0.2) is 6.33 Å². The largest absolute Gasteiger partial charge is 0.394 e. The standard InChI is InChI=1S/C15H22N6O5/c1-6(2)13(24)20-15-18-11(16)8-12(19-15)21(5-17-8)14-10(25-3)9(23)7(4-22)26-14/h5-7,9-10,14,22-23H,4H2,1-3H3,(H3,16,18,19,20,24). The molecule has 0 aliphatic carbocycles. The van der Waals surface area contributed by atoms with Crippen molar-refractivity contribution >= 4 is 28.8 Å². The maximum atomic E-state index is 11.9. The first kappa shape index (κ1) is 18.5. The number of carbonyl (C=O) groups is 1. The molecule has 26 heavy (non-hydrogen) atoms. The molecule has 4 unspecified atom stereocenters. The van der Waals surface area contributed by atoms with Crippen LogP contribution in [0.2, 0.25) is 0 Å². The van der Waals surface area contributed by atoms with Gasteiger partial charge in [0.15, 0.2) is 17.7 Å². The highest BCUT2D eigenvalue weighted by Gasteiger charge is 2.45. The van der Waals surface area contributed by atoms with Crippen molar-refractivity contribution in [1.82, 2.24) is 19.5 Å². The quantitative estimate of drug-likeness (QED) is 0.535. The smallest absolute Gasteiger partial charge is 0.233 e. The minimum atomic E-state index is -1.02. The normalized spacial score (nSPS) is 25.9. The van der Waals surface area contributed by atoms with Gasteiger partial charge in [-0.25, -0.2) is 4.98 Å². The first-order chi connectivity index (χ1) is 12.4. The molecule has 1 amide bonds. The number of fused-ring (bicyclic) bond motifs is 1. The van der Waals surface area contributed by atoms with Crippen LogP contribution < -0.4 is 11.1 Å². The lowest BCUT2D eigenvalue weighted by Crippen LogP contribution is -2.34. The maximum absolute atomic E-state index is 11.9. The highest BCUT2D eigenvalue weighted by molar-refractivity contribution is 5.92. The summed E-state index contributed by atoms with van der Waals surface area (Å²) < 4.78 is 12.5. The molecule has 1 saturated heterocycles. The average molecular weight is 366 g/mol. The van der Waals surface area contributed by atoms with Crippen LogP contribution in [0.25, 0.3) is 11.2 Å². The highest BCUT2D eigenvalue weighted by Crippen LogP contribution is 2.33. The van der Waals surface area contributed by atoms with Gasteiger partial charge in [0.05, 0.1) is 12.9 Å². The van der Waals surface area contributed by atoms with Crippen molar-refractivity contribution < 1.29 is 24.5 Å². The van der Waals surface area contributed by atoms with Crippen LogP contribution in [-0.2, 0) is 14.3 Å². The Hall–Kier alpha value is -2.34. The Morgan fingerprint density at radius 3 is 2.85 bits per heavy atom. The number of ether oxygens (including phenoxy) is 2. The number of nitrogen functional groups attached to an aromatic ring is 1. The van der Waals surface area contributed by atoms with Crippen LogP contribution in [0.5, 0.6) is 0 Å². The molecule has 5 N–H and O–H groups in total. The number of anilines is 2. The summed E-state index contributed by atoms with van der Waals surface area (Å²) in [5, 5.41) is 22.2. The number of methoxy groups -OCH3 is 1. The van der Waals surface area contributed by atoms with Crippen molar-refractivity contribution in [2.24, 2.45) is 5.92 Å². The fourth-order valence-electron chi connectivity index (χ4n) is 2.78. The Bertz CT molecular complexity index is 809. The second-order valence-electron chi connectivity index (χ2n) is 6.34. The minimum Gasteiger partial charge on any atom is -0.394 e. The molecule has 142 valence electrons. The molecule has 1 aliphatic heterocycles. The van der Waals surface area contributed by atoms with Gasteiger partial charge < -0.3 is 25.4 Å². The molecule has 0 radical (unpaired) electrons. The van der Waals surface area contributed by atoms with E-state index >= 15 is 0 Å². The zero-order chi connectivity index (χ0) is 19.0. The zero-order valence-corrected chi connectivity index (χ0v) is 14.7. The lowest BCUT2D eigenvalue weighted by atomic mass is 10.1. The van der Waals surface area contributed by atoms with E-state index in [1.54, 1.807) is 13.8 Å². The van der Waals surface area contributed by atoms with Gasteiger partial charge >= 0.3 is 0 Å². The molecule has 0 spiro atoms. The van der Waals surface area contributed by atoms with Gasteiger partial charge in [0, 0.05) is 13.0 Å². The predicted molar refractivity (Wildman–Crippen MR) is 91.0 cm³/mol. The number of carbonyl (C=O) groups excluding carboxylic acids is 1. The van der Waals surface area contributed by atoms with Gasteiger partial charge in [-0.1, -0.05) is 13.8 Å². The number of amides is 1. The zero-order valence-electron chi connectivity index (χ0n) is 14.7. The number of hydrogen-bond donors (Lipinski definition) is 4. The molecule has 0 saturated carbocycles. The summed E-state index contributed by atoms with van der Waals surface area (Å²) in [6.45, 7) is 3.12. The number of aromatic nitrogens is 4. The third-order valence-electron chi connectivity index (χ3n) is 4.25. The second-order valence-corrected chi connectivity index (χ2v) is 6.34. The average Bonchev–Trinajstić information content (AvgIpc) is 3.15. The van der Waals surface area contributed by atoms with Crippen LogP contribution in [0.4, 0.5) is 11.8 Å². The van der Waals surface area contributed by atoms with E-state index in [-0.39, 0.29) is 30.2 Å². The van der Waals surface area contributed by atoms with Gasteiger partial charge in [0.2, 0.25) is 11.9 Å². The van der Waals surface area contributed by atoms with Crippen LogP contribution >= 0.6 is 0 Å². The molecule has 0 aromatic carbocycles. The number of hydrogen-bond acceptors (Lipinski definition) is 9. The third kappa shape index (κ3) is 3.09. The minimum absolute atomic E-state index is 0.0432. The molecule has 1 fully saturated rings. The molecule has 4 atom stereocenters. The molecular formula is C15H22N6O5. The Morgan fingerprint density at radius 1 is 1.50 bits per heavy atom. The number of aliphatic hydroxyl groups is 2. The van der Waals surface area contributed by atoms with Gasteiger partial charge in [-0.3, -0.25) is 14.7 Å². The topological polar surface area (TPSA) is 158 Å². The van der Waals surface area contributed by atoms with Crippen LogP contribution in [0.1, 0.15) is 20.1 Å². The molecule has 2 aromatic rings. The molecule has 3 heterocycles. The summed E-state index contributed by atoms with van der Waals surface area (Å²) in [5.41, 5.74) is 6.57. The van der Waals surface area contributed by atoms with Crippen molar-refractivity contribution in [2.45, 2.75) is 38.4 Å². The van der Waals surface area contributed by atoms with Crippen LogP contribution in [0.3, 0.4) is 0 Å². The number of imidazole rings is 1. The fourth-order valence-corrected chi connectivity index (χ4v) is 2.78. The molecule has 2 aromatic heterocycles. The summed E-state index contributed by atoms with van der Waals surface area (Å²) in [6.07, 6.45) is -1.91. The lowest BCUT2D eigenvalue weighted by molar-refractivity contribution is -0.118. The Kier molecular flexibility index (Phi) is 5.05. The van der Waals surface area contributed by atoms with Crippen molar-refractivity contribution in [2.75, 3.05) is 24.8 Å². The number of nitrogens with one attached hydrogen (secondary N) is 1. The van der Waals surface area contributed by atoms with Crippen molar-refractivity contribution in [3.8, 4) is 0 Å². The highest BCUT2D eigenvalue weighted by atomic mass is 16.6. The first-order valence-electron chi connectivity index (χ1n) is 8.15. The first-order valence-corrected chi connectivity index (χ1v) is 8.15. The van der Waals surface area contributed by atoms with Crippen molar-refractivity contribution in [1.29, 1.82) is 0 Å². The summed E-state index contributed by atoms with van der Waals surface area (Å²) in [5.74, 6) is -0.366. The van der Waals surface area contributed by atoms with Crippen LogP contribution in [-0.4, -0.2) is 67.7 Å². The fraction of sp³-hybridized carbons (Fsp3) is 0.600. The van der Waals surface area contributed by atoms with Gasteiger partial charge in [0.25, 0.3) is 0 Å². The van der Waals surface area contributed by atoms with E-state index in [1.165, 1.54) is 18.0 Å². The monoisotopic (exact) mass is 366 g/mol. The van der Waals surface area contributed by atoms with E-state index in [0.717, 1.165) is 0 Å².